The quantitative estimate of drug-likeness (QED) is 0.931. The zero-order valence-corrected chi connectivity index (χ0v) is 13.6. The molecule has 0 unspecified atom stereocenters. The molecule has 0 amide bonds. The first-order valence-electron chi connectivity index (χ1n) is 7.68. The van der Waals surface area contributed by atoms with Crippen LogP contribution in [0.15, 0.2) is 35.2 Å². The molecular weight excluding hydrogens is 278 g/mol. The summed E-state index contributed by atoms with van der Waals surface area (Å²) in [6.07, 6.45) is 4.33. The van der Waals surface area contributed by atoms with Gasteiger partial charge in [-0.2, -0.15) is 11.3 Å². The fourth-order valence-electron chi connectivity index (χ4n) is 2.89. The fraction of sp³-hybridized carbons (Fsp3) is 0.471. The van der Waals surface area contributed by atoms with Gasteiger partial charge in [0.05, 0.1) is 0 Å². The lowest BCUT2D eigenvalue weighted by molar-refractivity contribution is 0.380. The SMILES string of the molecule is Cc1ccc(N2CCC(N[C@@H](C)c3ccsc3)CC2)nc1. The number of thiophene rings is 1. The summed E-state index contributed by atoms with van der Waals surface area (Å²) in [6, 6.07) is 7.56. The van der Waals surface area contributed by atoms with Crippen molar-refractivity contribution in [2.24, 2.45) is 0 Å². The van der Waals surface area contributed by atoms with Gasteiger partial charge in [0.25, 0.3) is 0 Å². The molecule has 2 aromatic rings. The van der Waals surface area contributed by atoms with E-state index in [1.165, 1.54) is 24.0 Å². The van der Waals surface area contributed by atoms with Crippen LogP contribution in [0.1, 0.15) is 36.9 Å². The van der Waals surface area contributed by atoms with E-state index in [1.807, 2.05) is 6.20 Å². The number of hydrogen-bond acceptors (Lipinski definition) is 4. The molecule has 0 radical (unpaired) electrons. The van der Waals surface area contributed by atoms with Crippen LogP contribution in [0.3, 0.4) is 0 Å². The van der Waals surface area contributed by atoms with E-state index < -0.39 is 0 Å². The summed E-state index contributed by atoms with van der Waals surface area (Å²) >= 11 is 1.77. The maximum absolute atomic E-state index is 4.54. The van der Waals surface area contributed by atoms with Crippen LogP contribution in [0.2, 0.25) is 0 Å². The third-order valence-corrected chi connectivity index (χ3v) is 4.95. The highest BCUT2D eigenvalue weighted by Crippen LogP contribution is 2.21. The normalized spacial score (nSPS) is 17.9. The molecule has 21 heavy (non-hydrogen) atoms. The molecule has 1 N–H and O–H groups in total. The minimum atomic E-state index is 0.449. The lowest BCUT2D eigenvalue weighted by Crippen LogP contribution is -2.43. The van der Waals surface area contributed by atoms with Gasteiger partial charge in [0.2, 0.25) is 0 Å². The molecule has 0 aliphatic carbocycles. The Labute approximate surface area is 131 Å². The monoisotopic (exact) mass is 301 g/mol. The highest BCUT2D eigenvalue weighted by atomic mass is 32.1. The van der Waals surface area contributed by atoms with Crippen LogP contribution in [0, 0.1) is 6.92 Å². The highest BCUT2D eigenvalue weighted by molar-refractivity contribution is 7.07. The average Bonchev–Trinajstić information content (AvgIpc) is 3.03. The number of rotatable bonds is 4. The topological polar surface area (TPSA) is 28.2 Å². The Morgan fingerprint density at radius 2 is 2.10 bits per heavy atom. The van der Waals surface area contributed by atoms with Crippen LogP contribution in [0.25, 0.3) is 0 Å². The number of nitrogens with one attached hydrogen (secondary N) is 1. The van der Waals surface area contributed by atoms with Crippen molar-refractivity contribution in [1.29, 1.82) is 0 Å². The number of nitrogens with zero attached hydrogens (tertiary/aromatic N) is 2. The van der Waals surface area contributed by atoms with E-state index in [9.17, 15) is 0 Å². The summed E-state index contributed by atoms with van der Waals surface area (Å²) in [5.41, 5.74) is 2.63. The van der Waals surface area contributed by atoms with E-state index in [0.29, 0.717) is 12.1 Å². The van der Waals surface area contributed by atoms with Gasteiger partial charge in [-0.25, -0.2) is 4.98 Å². The number of aryl methyl sites for hydroxylation is 1. The lowest BCUT2D eigenvalue weighted by Gasteiger charge is -2.34. The molecule has 1 fully saturated rings. The second-order valence-electron chi connectivity index (χ2n) is 5.90. The molecule has 4 heteroatoms. The zero-order chi connectivity index (χ0) is 14.7. The van der Waals surface area contributed by atoms with E-state index in [2.05, 4.69) is 58.0 Å². The molecule has 3 rings (SSSR count). The minimum Gasteiger partial charge on any atom is -0.357 e. The molecule has 3 nitrogen and oxygen atoms in total. The van der Waals surface area contributed by atoms with Gasteiger partial charge in [-0.15, -0.1) is 0 Å². The molecule has 3 heterocycles. The van der Waals surface area contributed by atoms with E-state index in [0.717, 1.165) is 18.9 Å². The van der Waals surface area contributed by atoms with Crippen LogP contribution in [-0.2, 0) is 0 Å². The van der Waals surface area contributed by atoms with Gasteiger partial charge in [0.1, 0.15) is 5.82 Å². The molecular formula is C17H23N3S. The van der Waals surface area contributed by atoms with Gasteiger partial charge in [-0.05, 0) is 60.7 Å². The largest absolute Gasteiger partial charge is 0.357 e. The number of anilines is 1. The van der Waals surface area contributed by atoms with Gasteiger partial charge < -0.3 is 10.2 Å². The first-order valence-corrected chi connectivity index (χ1v) is 8.62. The molecule has 1 saturated heterocycles. The van der Waals surface area contributed by atoms with Crippen molar-refractivity contribution >= 4 is 17.2 Å². The van der Waals surface area contributed by atoms with Crippen molar-refractivity contribution in [3.05, 3.63) is 46.3 Å². The molecule has 112 valence electrons. The Hall–Kier alpha value is -1.39. The summed E-state index contributed by atoms with van der Waals surface area (Å²) in [7, 11) is 0. The predicted molar refractivity (Wildman–Crippen MR) is 90.1 cm³/mol. The second-order valence-corrected chi connectivity index (χ2v) is 6.68. The number of aromatic nitrogens is 1. The minimum absolute atomic E-state index is 0.449. The van der Waals surface area contributed by atoms with Crippen molar-refractivity contribution in [3.8, 4) is 0 Å². The number of hydrogen-bond donors (Lipinski definition) is 1. The molecule has 0 aromatic carbocycles. The average molecular weight is 301 g/mol. The van der Waals surface area contributed by atoms with Crippen molar-refractivity contribution in [2.75, 3.05) is 18.0 Å². The second kappa shape index (κ2) is 6.58. The van der Waals surface area contributed by atoms with Gasteiger partial charge in [0, 0.05) is 31.4 Å². The van der Waals surface area contributed by atoms with E-state index >= 15 is 0 Å². The van der Waals surface area contributed by atoms with Gasteiger partial charge in [-0.3, -0.25) is 0 Å². The Balaban J connectivity index is 1.52. The third-order valence-electron chi connectivity index (χ3n) is 4.24. The predicted octanol–water partition coefficient (Wildman–Crippen LogP) is 3.77. The Bertz CT molecular complexity index is 542. The molecule has 1 aliphatic rings. The van der Waals surface area contributed by atoms with Crippen molar-refractivity contribution < 1.29 is 0 Å². The van der Waals surface area contributed by atoms with Crippen LogP contribution >= 0.6 is 11.3 Å². The summed E-state index contributed by atoms with van der Waals surface area (Å²) in [5.74, 6) is 1.12. The van der Waals surface area contributed by atoms with Crippen LogP contribution in [0.4, 0.5) is 5.82 Å². The third kappa shape index (κ3) is 3.63. The smallest absolute Gasteiger partial charge is 0.128 e. The maximum atomic E-state index is 4.54. The summed E-state index contributed by atoms with van der Waals surface area (Å²) in [4.78, 5) is 6.93. The van der Waals surface area contributed by atoms with Gasteiger partial charge in [-0.1, -0.05) is 6.07 Å². The number of pyridine rings is 1. The molecule has 0 saturated carbocycles. The summed E-state index contributed by atoms with van der Waals surface area (Å²) in [6.45, 7) is 6.52. The summed E-state index contributed by atoms with van der Waals surface area (Å²) in [5, 5.41) is 8.15. The first-order chi connectivity index (χ1) is 10.2. The van der Waals surface area contributed by atoms with Crippen molar-refractivity contribution in [2.45, 2.75) is 38.8 Å². The van der Waals surface area contributed by atoms with E-state index in [-0.39, 0.29) is 0 Å². The Morgan fingerprint density at radius 3 is 2.71 bits per heavy atom. The van der Waals surface area contributed by atoms with Crippen LogP contribution in [-0.4, -0.2) is 24.1 Å². The molecule has 0 bridgehead atoms. The van der Waals surface area contributed by atoms with Crippen LogP contribution in [0.5, 0.6) is 0 Å². The molecule has 2 aromatic heterocycles. The van der Waals surface area contributed by atoms with Gasteiger partial charge in [0.15, 0.2) is 0 Å². The maximum Gasteiger partial charge on any atom is 0.128 e. The Kier molecular flexibility index (Phi) is 4.56. The van der Waals surface area contributed by atoms with Gasteiger partial charge >= 0.3 is 0 Å². The lowest BCUT2D eigenvalue weighted by atomic mass is 10.0. The molecule has 1 atom stereocenters. The van der Waals surface area contributed by atoms with E-state index in [1.54, 1.807) is 11.3 Å². The summed E-state index contributed by atoms with van der Waals surface area (Å²) < 4.78 is 0. The fourth-order valence-corrected chi connectivity index (χ4v) is 3.65. The van der Waals surface area contributed by atoms with Crippen molar-refractivity contribution in [1.82, 2.24) is 10.3 Å². The molecule has 0 spiro atoms. The van der Waals surface area contributed by atoms with Crippen molar-refractivity contribution in [3.63, 3.8) is 0 Å². The zero-order valence-electron chi connectivity index (χ0n) is 12.7. The van der Waals surface area contributed by atoms with E-state index in [4.69, 9.17) is 0 Å². The highest BCUT2D eigenvalue weighted by Gasteiger charge is 2.21. The standard InChI is InChI=1S/C17H23N3S/c1-13-3-4-17(18-11-13)20-8-5-16(6-9-20)19-14(2)15-7-10-21-12-15/h3-4,7,10-12,14,16,19H,5-6,8-9H2,1-2H3/t14-/m0/s1. The molecule has 1 aliphatic heterocycles. The Morgan fingerprint density at radius 1 is 1.29 bits per heavy atom. The first kappa shape index (κ1) is 14.5. The number of piperidine rings is 1. The van der Waals surface area contributed by atoms with Crippen LogP contribution < -0.4 is 10.2 Å².